The fraction of sp³-hybridized carbons (Fsp3) is 0.727. The van der Waals surface area contributed by atoms with E-state index in [-0.39, 0.29) is 12.6 Å². The van der Waals surface area contributed by atoms with Crippen molar-refractivity contribution < 1.29 is 5.11 Å². The van der Waals surface area contributed by atoms with Crippen molar-refractivity contribution in [3.63, 3.8) is 0 Å². The second kappa shape index (κ2) is 5.88. The number of hydrogen-bond acceptors (Lipinski definition) is 3. The van der Waals surface area contributed by atoms with Gasteiger partial charge in [-0.25, -0.2) is 0 Å². The first-order chi connectivity index (χ1) is 7.21. The van der Waals surface area contributed by atoms with E-state index in [2.05, 4.69) is 25.0 Å². The van der Waals surface area contributed by atoms with Crippen LogP contribution < -0.4 is 5.73 Å². The number of nitrogens with zero attached hydrogens (tertiary/aromatic N) is 2. The Kier molecular flexibility index (Phi) is 4.78. The minimum absolute atomic E-state index is 0.0450. The van der Waals surface area contributed by atoms with Crippen LogP contribution in [0.15, 0.2) is 6.07 Å². The van der Waals surface area contributed by atoms with Crippen molar-refractivity contribution in [1.82, 2.24) is 9.78 Å². The van der Waals surface area contributed by atoms with Crippen LogP contribution in [0.5, 0.6) is 0 Å². The van der Waals surface area contributed by atoms with Gasteiger partial charge in [-0.2, -0.15) is 5.10 Å². The summed E-state index contributed by atoms with van der Waals surface area (Å²) in [5, 5.41) is 13.3. The predicted octanol–water partition coefficient (Wildman–Crippen LogP) is 0.718. The number of aliphatic hydroxyl groups excluding tert-OH is 1. The largest absolute Gasteiger partial charge is 0.395 e. The average molecular weight is 211 g/mol. The van der Waals surface area contributed by atoms with Crippen molar-refractivity contribution in [3.8, 4) is 0 Å². The quantitative estimate of drug-likeness (QED) is 0.728. The zero-order valence-corrected chi connectivity index (χ0v) is 9.61. The Morgan fingerprint density at radius 2 is 2.20 bits per heavy atom. The van der Waals surface area contributed by atoms with E-state index in [1.807, 2.05) is 4.68 Å². The van der Waals surface area contributed by atoms with Gasteiger partial charge < -0.3 is 10.8 Å². The monoisotopic (exact) mass is 211 g/mol. The first-order valence-corrected chi connectivity index (χ1v) is 5.63. The van der Waals surface area contributed by atoms with E-state index in [4.69, 9.17) is 10.8 Å². The smallest absolute Gasteiger partial charge is 0.0624 e. The van der Waals surface area contributed by atoms with E-state index in [0.29, 0.717) is 0 Å². The van der Waals surface area contributed by atoms with Crippen LogP contribution in [0.2, 0.25) is 0 Å². The number of nitrogens with two attached hydrogens (primary N) is 1. The second-order valence-corrected chi connectivity index (χ2v) is 3.79. The fourth-order valence-electron chi connectivity index (χ4n) is 1.55. The molecule has 4 nitrogen and oxygen atoms in total. The molecular formula is C11H21N3O. The van der Waals surface area contributed by atoms with Crippen LogP contribution in [-0.2, 0) is 19.4 Å². The molecule has 4 heteroatoms. The molecule has 3 N–H and O–H groups in total. The number of hydrogen-bond donors (Lipinski definition) is 2. The Hall–Kier alpha value is -0.870. The maximum absolute atomic E-state index is 8.84. The Bertz CT molecular complexity index is 296. The molecule has 0 bridgehead atoms. The fourth-order valence-corrected chi connectivity index (χ4v) is 1.55. The SMILES string of the molecule is CCc1cc(CC)n(CCC(N)CO)n1. The molecule has 0 aromatic carbocycles. The van der Waals surface area contributed by atoms with Crippen molar-refractivity contribution in [2.24, 2.45) is 5.73 Å². The molecule has 1 aromatic heterocycles. The molecule has 0 amide bonds. The van der Waals surface area contributed by atoms with Crippen LogP contribution in [0.25, 0.3) is 0 Å². The highest BCUT2D eigenvalue weighted by Crippen LogP contribution is 2.07. The highest BCUT2D eigenvalue weighted by molar-refractivity contribution is 5.10. The van der Waals surface area contributed by atoms with Gasteiger partial charge in [0.25, 0.3) is 0 Å². The Morgan fingerprint density at radius 3 is 2.73 bits per heavy atom. The van der Waals surface area contributed by atoms with Crippen LogP contribution in [0.3, 0.4) is 0 Å². The van der Waals surface area contributed by atoms with Gasteiger partial charge in [0, 0.05) is 18.3 Å². The van der Waals surface area contributed by atoms with Crippen molar-refractivity contribution in [1.29, 1.82) is 0 Å². The van der Waals surface area contributed by atoms with E-state index in [9.17, 15) is 0 Å². The molecule has 1 unspecified atom stereocenters. The summed E-state index contributed by atoms with van der Waals surface area (Å²) in [6.07, 6.45) is 2.72. The van der Waals surface area contributed by atoms with Crippen LogP contribution in [0.4, 0.5) is 0 Å². The third kappa shape index (κ3) is 3.32. The molecule has 0 aliphatic heterocycles. The van der Waals surface area contributed by atoms with E-state index >= 15 is 0 Å². The topological polar surface area (TPSA) is 64.1 Å². The average Bonchev–Trinajstić information content (AvgIpc) is 2.68. The minimum Gasteiger partial charge on any atom is -0.395 e. The zero-order chi connectivity index (χ0) is 11.3. The summed E-state index contributed by atoms with van der Waals surface area (Å²) in [4.78, 5) is 0. The van der Waals surface area contributed by atoms with Crippen molar-refractivity contribution in [2.45, 2.75) is 45.7 Å². The Balaban J connectivity index is 2.62. The van der Waals surface area contributed by atoms with Crippen molar-refractivity contribution >= 4 is 0 Å². The molecule has 1 heterocycles. The minimum atomic E-state index is -0.135. The highest BCUT2D eigenvalue weighted by atomic mass is 16.3. The standard InChI is InChI=1S/C11H21N3O/c1-3-10-7-11(4-2)14(13-10)6-5-9(12)8-15/h7,9,15H,3-6,8,12H2,1-2H3. The van der Waals surface area contributed by atoms with Gasteiger partial charge in [-0.15, -0.1) is 0 Å². The Labute approximate surface area is 91.1 Å². The van der Waals surface area contributed by atoms with Gasteiger partial charge in [-0.05, 0) is 25.3 Å². The summed E-state index contributed by atoms with van der Waals surface area (Å²) in [5.41, 5.74) is 8.04. The predicted molar refractivity (Wildman–Crippen MR) is 60.7 cm³/mol. The molecule has 0 aliphatic rings. The number of aryl methyl sites for hydroxylation is 3. The lowest BCUT2D eigenvalue weighted by Gasteiger charge is -2.09. The van der Waals surface area contributed by atoms with Gasteiger partial charge in [0.15, 0.2) is 0 Å². The zero-order valence-electron chi connectivity index (χ0n) is 9.61. The first-order valence-electron chi connectivity index (χ1n) is 5.63. The highest BCUT2D eigenvalue weighted by Gasteiger charge is 2.06. The molecule has 1 atom stereocenters. The lowest BCUT2D eigenvalue weighted by molar-refractivity contribution is 0.254. The van der Waals surface area contributed by atoms with E-state index in [1.54, 1.807) is 0 Å². The van der Waals surface area contributed by atoms with E-state index in [0.717, 1.165) is 31.5 Å². The summed E-state index contributed by atoms with van der Waals surface area (Å²) in [5.74, 6) is 0. The Morgan fingerprint density at radius 1 is 1.47 bits per heavy atom. The number of aliphatic hydroxyl groups is 1. The summed E-state index contributed by atoms with van der Waals surface area (Å²) in [6.45, 7) is 5.07. The number of aromatic nitrogens is 2. The molecule has 0 radical (unpaired) electrons. The first kappa shape index (κ1) is 12.2. The molecule has 86 valence electrons. The summed E-state index contributed by atoms with van der Waals surface area (Å²) in [7, 11) is 0. The molecule has 1 rings (SSSR count). The second-order valence-electron chi connectivity index (χ2n) is 3.79. The molecule has 0 aliphatic carbocycles. The summed E-state index contributed by atoms with van der Waals surface area (Å²) >= 11 is 0. The molecular weight excluding hydrogens is 190 g/mol. The maximum Gasteiger partial charge on any atom is 0.0624 e. The van der Waals surface area contributed by atoms with Gasteiger partial charge in [0.05, 0.1) is 12.3 Å². The van der Waals surface area contributed by atoms with Crippen molar-refractivity contribution in [3.05, 3.63) is 17.5 Å². The summed E-state index contributed by atoms with van der Waals surface area (Å²) < 4.78 is 2.01. The lowest BCUT2D eigenvalue weighted by atomic mass is 10.2. The van der Waals surface area contributed by atoms with Crippen molar-refractivity contribution in [2.75, 3.05) is 6.61 Å². The van der Waals surface area contributed by atoms with Crippen LogP contribution >= 0.6 is 0 Å². The number of rotatable bonds is 6. The van der Waals surface area contributed by atoms with Crippen LogP contribution in [0.1, 0.15) is 31.7 Å². The molecule has 0 saturated carbocycles. The molecule has 0 saturated heterocycles. The molecule has 0 spiro atoms. The van der Waals surface area contributed by atoms with Gasteiger partial charge in [0.1, 0.15) is 0 Å². The maximum atomic E-state index is 8.84. The van der Waals surface area contributed by atoms with E-state index < -0.39 is 0 Å². The van der Waals surface area contributed by atoms with Gasteiger partial charge in [-0.1, -0.05) is 13.8 Å². The molecule has 0 fully saturated rings. The van der Waals surface area contributed by atoms with Crippen LogP contribution in [-0.4, -0.2) is 27.5 Å². The molecule has 1 aromatic rings. The van der Waals surface area contributed by atoms with Gasteiger partial charge in [0.2, 0.25) is 0 Å². The van der Waals surface area contributed by atoms with Crippen LogP contribution in [0, 0.1) is 0 Å². The molecule has 15 heavy (non-hydrogen) atoms. The third-order valence-corrected chi connectivity index (χ3v) is 2.58. The lowest BCUT2D eigenvalue weighted by Crippen LogP contribution is -2.26. The van der Waals surface area contributed by atoms with Gasteiger partial charge in [-0.3, -0.25) is 4.68 Å². The summed E-state index contributed by atoms with van der Waals surface area (Å²) in [6, 6.07) is 2.01. The van der Waals surface area contributed by atoms with Gasteiger partial charge >= 0.3 is 0 Å². The third-order valence-electron chi connectivity index (χ3n) is 2.58. The normalized spacial score (nSPS) is 13.1. The van der Waals surface area contributed by atoms with E-state index in [1.165, 1.54) is 5.69 Å².